The number of hydrogen-bond donors (Lipinski definition) is 1. The van der Waals surface area contributed by atoms with Crippen LogP contribution in [0.15, 0.2) is 21.7 Å². The summed E-state index contributed by atoms with van der Waals surface area (Å²) in [6, 6.07) is 3.45. The molecule has 2 rings (SSSR count). The summed E-state index contributed by atoms with van der Waals surface area (Å²) in [7, 11) is -1.32. The SMILES string of the molecule is CNCC1CCN(S(=O)(=O)c2cccs2)C1. The van der Waals surface area contributed by atoms with Crippen LogP contribution in [0.2, 0.25) is 0 Å². The Bertz CT molecular complexity index is 428. The first-order chi connectivity index (χ1) is 7.64. The molecule has 1 fully saturated rings. The summed E-state index contributed by atoms with van der Waals surface area (Å²) < 4.78 is 26.4. The van der Waals surface area contributed by atoms with Gasteiger partial charge in [-0.2, -0.15) is 4.31 Å². The highest BCUT2D eigenvalue weighted by atomic mass is 32.2. The van der Waals surface area contributed by atoms with Crippen LogP contribution in [0.1, 0.15) is 6.42 Å². The van der Waals surface area contributed by atoms with Crippen molar-refractivity contribution in [3.63, 3.8) is 0 Å². The number of hydrogen-bond acceptors (Lipinski definition) is 4. The molecule has 2 heterocycles. The molecular weight excluding hydrogens is 244 g/mol. The molecule has 90 valence electrons. The molecule has 0 aromatic carbocycles. The molecule has 1 aromatic rings. The van der Waals surface area contributed by atoms with Gasteiger partial charge in [0.25, 0.3) is 10.0 Å². The third-order valence-corrected chi connectivity index (χ3v) is 6.07. The Morgan fingerprint density at radius 2 is 2.44 bits per heavy atom. The predicted octanol–water partition coefficient (Wildman–Crippen LogP) is 0.978. The molecule has 1 saturated heterocycles. The second-order valence-corrected chi connectivity index (χ2v) is 7.12. The van der Waals surface area contributed by atoms with E-state index in [1.807, 2.05) is 7.05 Å². The van der Waals surface area contributed by atoms with Crippen LogP contribution in [-0.4, -0.2) is 39.4 Å². The van der Waals surface area contributed by atoms with Crippen LogP contribution in [0.4, 0.5) is 0 Å². The van der Waals surface area contributed by atoms with Crippen molar-refractivity contribution in [2.24, 2.45) is 5.92 Å². The average molecular weight is 260 g/mol. The van der Waals surface area contributed by atoms with Gasteiger partial charge in [-0.15, -0.1) is 11.3 Å². The van der Waals surface area contributed by atoms with E-state index in [4.69, 9.17) is 0 Å². The van der Waals surface area contributed by atoms with Crippen molar-refractivity contribution in [2.45, 2.75) is 10.6 Å². The van der Waals surface area contributed by atoms with Crippen LogP contribution in [0.25, 0.3) is 0 Å². The maximum atomic E-state index is 12.2. The molecule has 16 heavy (non-hydrogen) atoms. The van der Waals surface area contributed by atoms with Crippen molar-refractivity contribution < 1.29 is 8.42 Å². The second kappa shape index (κ2) is 4.83. The zero-order chi connectivity index (χ0) is 11.6. The van der Waals surface area contributed by atoms with Crippen LogP contribution in [0, 0.1) is 5.92 Å². The largest absolute Gasteiger partial charge is 0.319 e. The van der Waals surface area contributed by atoms with Crippen LogP contribution in [0.3, 0.4) is 0 Å². The van der Waals surface area contributed by atoms with Gasteiger partial charge in [0.05, 0.1) is 0 Å². The summed E-state index contributed by atoms with van der Waals surface area (Å²) in [5.41, 5.74) is 0. The van der Waals surface area contributed by atoms with E-state index >= 15 is 0 Å². The van der Waals surface area contributed by atoms with Crippen molar-refractivity contribution in [3.8, 4) is 0 Å². The zero-order valence-corrected chi connectivity index (χ0v) is 10.9. The summed E-state index contributed by atoms with van der Waals surface area (Å²) in [5.74, 6) is 0.444. The maximum absolute atomic E-state index is 12.2. The highest BCUT2D eigenvalue weighted by Crippen LogP contribution is 2.26. The van der Waals surface area contributed by atoms with Gasteiger partial charge in [-0.05, 0) is 37.4 Å². The highest BCUT2D eigenvalue weighted by molar-refractivity contribution is 7.91. The Morgan fingerprint density at radius 1 is 1.62 bits per heavy atom. The molecule has 6 heteroatoms. The zero-order valence-electron chi connectivity index (χ0n) is 9.22. The summed E-state index contributed by atoms with van der Waals surface area (Å²) in [6.07, 6.45) is 0.950. The smallest absolute Gasteiger partial charge is 0.252 e. The van der Waals surface area contributed by atoms with Crippen LogP contribution in [0.5, 0.6) is 0 Å². The van der Waals surface area contributed by atoms with E-state index in [1.54, 1.807) is 21.8 Å². The summed E-state index contributed by atoms with van der Waals surface area (Å²) in [6.45, 7) is 2.17. The first kappa shape index (κ1) is 12.0. The molecule has 0 radical (unpaired) electrons. The Balaban J connectivity index is 2.10. The van der Waals surface area contributed by atoms with E-state index in [-0.39, 0.29) is 0 Å². The fourth-order valence-corrected chi connectivity index (χ4v) is 4.68. The van der Waals surface area contributed by atoms with Crippen molar-refractivity contribution in [2.75, 3.05) is 26.7 Å². The lowest BCUT2D eigenvalue weighted by Crippen LogP contribution is -2.29. The average Bonchev–Trinajstić information content (AvgIpc) is 2.88. The fourth-order valence-electron chi connectivity index (χ4n) is 2.01. The molecule has 0 aliphatic carbocycles. The lowest BCUT2D eigenvalue weighted by atomic mass is 10.1. The summed E-state index contributed by atoms with van der Waals surface area (Å²) in [4.78, 5) is 0. The first-order valence-electron chi connectivity index (χ1n) is 5.33. The molecule has 1 aromatic heterocycles. The minimum absolute atomic E-state index is 0.444. The molecule has 0 bridgehead atoms. The van der Waals surface area contributed by atoms with Gasteiger partial charge in [-0.25, -0.2) is 8.42 Å². The van der Waals surface area contributed by atoms with Crippen LogP contribution < -0.4 is 5.32 Å². The van der Waals surface area contributed by atoms with Gasteiger partial charge in [0.15, 0.2) is 0 Å². The lowest BCUT2D eigenvalue weighted by Gasteiger charge is -2.15. The van der Waals surface area contributed by atoms with E-state index in [9.17, 15) is 8.42 Å². The topological polar surface area (TPSA) is 49.4 Å². The number of nitrogens with one attached hydrogen (secondary N) is 1. The Labute approximate surface area is 100 Å². The van der Waals surface area contributed by atoms with Crippen LogP contribution >= 0.6 is 11.3 Å². The number of sulfonamides is 1. The summed E-state index contributed by atoms with van der Waals surface area (Å²) >= 11 is 1.29. The van der Waals surface area contributed by atoms with E-state index < -0.39 is 10.0 Å². The fraction of sp³-hybridized carbons (Fsp3) is 0.600. The molecule has 1 aliphatic rings. The number of rotatable bonds is 4. The van der Waals surface area contributed by atoms with E-state index in [0.29, 0.717) is 23.2 Å². The van der Waals surface area contributed by atoms with E-state index in [1.165, 1.54) is 11.3 Å². The van der Waals surface area contributed by atoms with Crippen molar-refractivity contribution in [1.82, 2.24) is 9.62 Å². The number of nitrogens with zero attached hydrogens (tertiary/aromatic N) is 1. The molecule has 0 saturated carbocycles. The molecule has 1 atom stereocenters. The molecular formula is C10H16N2O2S2. The van der Waals surface area contributed by atoms with Crippen LogP contribution in [-0.2, 0) is 10.0 Å². The Kier molecular flexibility index (Phi) is 3.63. The standard InChI is InChI=1S/C10H16N2O2S2/c1-11-7-9-4-5-12(8-9)16(13,14)10-3-2-6-15-10/h2-3,6,9,11H,4-5,7-8H2,1H3. The van der Waals surface area contributed by atoms with E-state index in [0.717, 1.165) is 13.0 Å². The molecule has 1 unspecified atom stereocenters. The van der Waals surface area contributed by atoms with Gasteiger partial charge in [0, 0.05) is 13.1 Å². The Hall–Kier alpha value is -0.430. The molecule has 1 aliphatic heterocycles. The van der Waals surface area contributed by atoms with Gasteiger partial charge < -0.3 is 5.32 Å². The monoisotopic (exact) mass is 260 g/mol. The summed E-state index contributed by atoms with van der Waals surface area (Å²) in [5, 5.41) is 4.90. The van der Waals surface area contributed by atoms with Gasteiger partial charge in [-0.3, -0.25) is 0 Å². The highest BCUT2D eigenvalue weighted by Gasteiger charge is 2.32. The minimum atomic E-state index is -3.22. The Morgan fingerprint density at radius 3 is 3.06 bits per heavy atom. The molecule has 4 nitrogen and oxygen atoms in total. The van der Waals surface area contributed by atoms with Gasteiger partial charge in [0.1, 0.15) is 4.21 Å². The lowest BCUT2D eigenvalue weighted by molar-refractivity contribution is 0.452. The third-order valence-electron chi connectivity index (χ3n) is 2.83. The third kappa shape index (κ3) is 2.29. The molecule has 0 amide bonds. The normalized spacial score (nSPS) is 22.7. The van der Waals surface area contributed by atoms with Crippen molar-refractivity contribution in [3.05, 3.63) is 17.5 Å². The quantitative estimate of drug-likeness (QED) is 0.878. The maximum Gasteiger partial charge on any atom is 0.252 e. The molecule has 1 N–H and O–H groups in total. The molecule has 0 spiro atoms. The van der Waals surface area contributed by atoms with Crippen molar-refractivity contribution >= 4 is 21.4 Å². The van der Waals surface area contributed by atoms with Gasteiger partial charge >= 0.3 is 0 Å². The van der Waals surface area contributed by atoms with Crippen molar-refractivity contribution in [1.29, 1.82) is 0 Å². The van der Waals surface area contributed by atoms with Gasteiger partial charge in [-0.1, -0.05) is 6.07 Å². The van der Waals surface area contributed by atoms with Gasteiger partial charge in [0.2, 0.25) is 0 Å². The second-order valence-electron chi connectivity index (χ2n) is 4.01. The number of thiophene rings is 1. The predicted molar refractivity (Wildman–Crippen MR) is 65.1 cm³/mol. The van der Waals surface area contributed by atoms with E-state index in [2.05, 4.69) is 5.32 Å². The minimum Gasteiger partial charge on any atom is -0.319 e. The first-order valence-corrected chi connectivity index (χ1v) is 7.65.